The zero-order valence-electron chi connectivity index (χ0n) is 57.0. The molecule has 2 aromatic heterocycles. The average Bonchev–Trinajstić information content (AvgIpc) is 1.74. The van der Waals surface area contributed by atoms with Crippen molar-refractivity contribution in [1.82, 2.24) is 56.6 Å². The van der Waals surface area contributed by atoms with Crippen LogP contribution in [0.4, 0.5) is 13.2 Å². The number of likely N-dealkylation sites (tertiary alicyclic amines) is 3. The molecule has 5 aromatic rings. The van der Waals surface area contributed by atoms with Gasteiger partial charge in [-0.2, -0.15) is 15.8 Å². The minimum atomic E-state index is -2.43. The number of benzene rings is 3. The molecular weight excluding hydrogens is 1330 g/mol. The fourth-order valence-corrected chi connectivity index (χ4v) is 13.8. The Morgan fingerprint density at radius 3 is 1.69 bits per heavy atom. The number of nitrogens with zero attached hydrogens (tertiary/aromatic N) is 6. The standard InChI is InChI=1S/C71H82ClF3N14O12/c1-69(2,74)31-55(85-62(92)53-29-48-51(83-53)10-8-12-58(48)99-6)64(94)80-45(34-77)26-42-20-23-88(68(42)98)38-71(5,75)32-56(86-63(93)54-30-49-52(84-54)11-9-13-59(49)100-7)65(95)81-46(35-78)25-41-19-22-87(67(41)97)37-70(3,4)101-47-28-57(66(96)82-44(33-76)24-40-18-21-79-61(40)91)89(36-47)60(90)17-15-39-14-16-43(72)27-50(39)73/h8-17,27,29-30,40-42,44-47,55-57,83-84H,18-26,28,31-32,36-38H2,1-7H3,(H,79,91)(H,80,94)(H,81,95)(H,82,96)(H,85,92)(H,86,93)/b17-15+/t40-,41?,42-,44-,45-,46?,47+,55?,56?,57-,71?/m0/s1. The van der Waals surface area contributed by atoms with Gasteiger partial charge in [0.2, 0.25) is 41.4 Å². The first-order chi connectivity index (χ1) is 47.9. The number of rotatable bonds is 30. The monoisotopic (exact) mass is 1410 g/mol. The lowest BCUT2D eigenvalue weighted by molar-refractivity contribution is -0.138. The van der Waals surface area contributed by atoms with Crippen LogP contribution in [0.5, 0.6) is 11.5 Å². The quantitative estimate of drug-likeness (QED) is 0.0240. The lowest BCUT2D eigenvalue weighted by Crippen LogP contribution is -2.53. The number of nitriles is 3. The molecule has 8 N–H and O–H groups in total. The minimum Gasteiger partial charge on any atom is -0.496 e. The highest BCUT2D eigenvalue weighted by Gasteiger charge is 2.46. The van der Waals surface area contributed by atoms with E-state index in [1.807, 2.05) is 18.2 Å². The number of fused-ring (bicyclic) bond motifs is 2. The molecule has 0 aliphatic carbocycles. The molecule has 3 aromatic carbocycles. The highest BCUT2D eigenvalue weighted by molar-refractivity contribution is 6.30. The van der Waals surface area contributed by atoms with Gasteiger partial charge in [-0.3, -0.25) is 43.2 Å². The number of amides is 9. The van der Waals surface area contributed by atoms with E-state index in [0.29, 0.717) is 46.3 Å². The largest absolute Gasteiger partial charge is 0.496 e. The molecule has 4 aliphatic heterocycles. The molecule has 0 bridgehead atoms. The van der Waals surface area contributed by atoms with Crippen molar-refractivity contribution in [3.8, 4) is 29.7 Å². The van der Waals surface area contributed by atoms with Gasteiger partial charge in [0, 0.05) is 108 Å². The van der Waals surface area contributed by atoms with E-state index in [9.17, 15) is 63.3 Å². The maximum absolute atomic E-state index is 17.3. The van der Waals surface area contributed by atoms with Crippen molar-refractivity contribution < 1.29 is 70.5 Å². The van der Waals surface area contributed by atoms with E-state index >= 15 is 8.78 Å². The van der Waals surface area contributed by atoms with Gasteiger partial charge in [-0.15, -0.1) is 0 Å². The summed E-state index contributed by atoms with van der Waals surface area (Å²) in [7, 11) is 2.91. The first-order valence-electron chi connectivity index (χ1n) is 33.3. The van der Waals surface area contributed by atoms with Gasteiger partial charge in [0.1, 0.15) is 76.3 Å². The first kappa shape index (κ1) is 75.0. The van der Waals surface area contributed by atoms with Crippen molar-refractivity contribution in [2.75, 3.05) is 53.5 Å². The minimum absolute atomic E-state index is 0.00582. The molecule has 9 amide bonds. The molecular formula is C71H82ClF3N14O12. The number of hydrogen-bond acceptors (Lipinski definition) is 15. The second-order valence-corrected chi connectivity index (χ2v) is 28.0. The summed E-state index contributed by atoms with van der Waals surface area (Å²) < 4.78 is 64.8. The molecule has 4 aliphatic rings. The van der Waals surface area contributed by atoms with Gasteiger partial charge in [0.25, 0.3) is 11.8 Å². The number of alkyl halides is 2. The molecule has 30 heteroatoms. The molecule has 0 saturated carbocycles. The topological polar surface area (TPSA) is 366 Å². The van der Waals surface area contributed by atoms with E-state index in [2.05, 4.69) is 41.9 Å². The van der Waals surface area contributed by atoms with Crippen LogP contribution in [-0.2, 0) is 38.3 Å². The van der Waals surface area contributed by atoms with Gasteiger partial charge in [-0.1, -0.05) is 29.8 Å². The fourth-order valence-electron chi connectivity index (χ4n) is 13.7. The van der Waals surface area contributed by atoms with Crippen molar-refractivity contribution in [3.63, 3.8) is 0 Å². The second kappa shape index (κ2) is 32.0. The summed E-state index contributed by atoms with van der Waals surface area (Å²) in [4.78, 5) is 134. The highest BCUT2D eigenvalue weighted by Crippen LogP contribution is 2.34. The van der Waals surface area contributed by atoms with Crippen LogP contribution in [0.2, 0.25) is 5.02 Å². The summed E-state index contributed by atoms with van der Waals surface area (Å²) in [6.07, 6.45) is 0.701. The van der Waals surface area contributed by atoms with Gasteiger partial charge in [0.05, 0.1) is 50.7 Å². The predicted molar refractivity (Wildman–Crippen MR) is 363 cm³/mol. The zero-order chi connectivity index (χ0) is 73.3. The van der Waals surface area contributed by atoms with E-state index in [0.717, 1.165) is 19.1 Å². The summed E-state index contributed by atoms with van der Waals surface area (Å²) in [6.45, 7) is 6.88. The number of hydrogen-bond donors (Lipinski definition) is 8. The molecule has 101 heavy (non-hydrogen) atoms. The third kappa shape index (κ3) is 19.0. The van der Waals surface area contributed by atoms with Gasteiger partial charge >= 0.3 is 0 Å². The molecule has 26 nitrogen and oxygen atoms in total. The third-order valence-electron chi connectivity index (χ3n) is 18.5. The summed E-state index contributed by atoms with van der Waals surface area (Å²) in [6, 6.07) is 15.0. The first-order valence-corrected chi connectivity index (χ1v) is 33.6. The van der Waals surface area contributed by atoms with Crippen LogP contribution in [0.3, 0.4) is 0 Å². The Morgan fingerprint density at radius 2 is 1.20 bits per heavy atom. The Balaban J connectivity index is 0.831. The SMILES string of the molecule is COc1cccc2[nH]c(C(=O)NC(CC(C)(F)CN3CC[C@@H](C[C@@H](C#N)NC(=O)C(CC(C)(C)F)NC(=O)c4cc5c(OC)cccc5[nH]4)C3=O)C(=O)NC(C#N)CC3CCN(CC(C)(C)O[C@@H]4C[C@@H](C(=O)N[C@H](C#N)C[C@@H]5CCNC5=O)N(C(=O)/C=C/c5ccc(Cl)cc5F)C4)C3=O)cc12. The molecule has 536 valence electrons. The van der Waals surface area contributed by atoms with Crippen LogP contribution in [-0.4, -0.2) is 191 Å². The number of aromatic amines is 2. The molecule has 0 radical (unpaired) electrons. The van der Waals surface area contributed by atoms with E-state index < -0.39 is 144 Å². The number of ether oxygens (including phenoxy) is 3. The Labute approximate surface area is 586 Å². The van der Waals surface area contributed by atoms with E-state index in [1.165, 1.54) is 73.1 Å². The second-order valence-electron chi connectivity index (χ2n) is 27.6. The summed E-state index contributed by atoms with van der Waals surface area (Å²) in [5.41, 5.74) is -4.39. The summed E-state index contributed by atoms with van der Waals surface area (Å²) in [5, 5.41) is 47.8. The van der Waals surface area contributed by atoms with E-state index in [-0.39, 0.29) is 98.5 Å². The molecule has 4 saturated heterocycles. The normalized spacial score (nSPS) is 20.7. The summed E-state index contributed by atoms with van der Waals surface area (Å²) >= 11 is 5.93. The number of halogens is 4. The number of carbonyl (C=O) groups is 9. The van der Waals surface area contributed by atoms with Crippen LogP contribution in [0, 0.1) is 57.6 Å². The lowest BCUT2D eigenvalue weighted by atomic mass is 9.95. The highest BCUT2D eigenvalue weighted by atomic mass is 35.5. The van der Waals surface area contributed by atoms with Crippen molar-refractivity contribution in [1.29, 1.82) is 15.8 Å². The number of methoxy groups -OCH3 is 2. The van der Waals surface area contributed by atoms with Crippen molar-refractivity contribution >= 4 is 92.6 Å². The Hall–Kier alpha value is -10.2. The van der Waals surface area contributed by atoms with Crippen LogP contribution in [0.1, 0.15) is 119 Å². The van der Waals surface area contributed by atoms with E-state index in [1.54, 1.807) is 50.2 Å². The third-order valence-corrected chi connectivity index (χ3v) is 18.7. The van der Waals surface area contributed by atoms with Crippen LogP contribution in [0.15, 0.2) is 72.8 Å². The number of aromatic nitrogens is 2. The molecule has 6 heterocycles. The number of nitrogens with one attached hydrogen (secondary N) is 8. The molecule has 0 spiro atoms. The van der Waals surface area contributed by atoms with Gasteiger partial charge < -0.3 is 70.8 Å². The van der Waals surface area contributed by atoms with Crippen molar-refractivity contribution in [3.05, 3.63) is 101 Å². The zero-order valence-corrected chi connectivity index (χ0v) is 57.7. The van der Waals surface area contributed by atoms with Crippen LogP contribution in [0.25, 0.3) is 27.9 Å². The lowest BCUT2D eigenvalue weighted by Gasteiger charge is -2.33. The average molecular weight is 1420 g/mol. The van der Waals surface area contributed by atoms with Gasteiger partial charge in [-0.05, 0) is 128 Å². The Morgan fingerprint density at radius 1 is 0.683 bits per heavy atom. The van der Waals surface area contributed by atoms with Crippen LogP contribution >= 0.6 is 11.6 Å². The number of carbonyl (C=O) groups excluding carboxylic acids is 9. The molecule has 11 atom stereocenters. The maximum Gasteiger partial charge on any atom is 0.268 e. The van der Waals surface area contributed by atoms with Gasteiger partial charge in [0.15, 0.2) is 0 Å². The molecule has 4 fully saturated rings. The Kier molecular flexibility index (Phi) is 23.8. The smallest absolute Gasteiger partial charge is 0.268 e. The van der Waals surface area contributed by atoms with Crippen molar-refractivity contribution in [2.45, 2.75) is 152 Å². The molecule has 9 rings (SSSR count). The Bertz CT molecular complexity index is 4150. The number of H-pyrrole nitrogens is 2. The fraction of sp³-hybridized carbons (Fsp3) is 0.493. The predicted octanol–water partition coefficient (Wildman–Crippen LogP) is 6.12. The van der Waals surface area contributed by atoms with E-state index in [4.69, 9.17) is 25.8 Å². The van der Waals surface area contributed by atoms with Gasteiger partial charge in [-0.25, -0.2) is 13.2 Å². The van der Waals surface area contributed by atoms with Crippen LogP contribution < -0.4 is 41.4 Å². The maximum atomic E-state index is 17.3. The molecule has 5 unspecified atom stereocenters. The van der Waals surface area contributed by atoms with Crippen molar-refractivity contribution in [2.24, 2.45) is 17.8 Å². The summed E-state index contributed by atoms with van der Waals surface area (Å²) in [5.74, 6) is -8.03.